The summed E-state index contributed by atoms with van der Waals surface area (Å²) in [4.78, 5) is 27.4. The lowest BCUT2D eigenvalue weighted by molar-refractivity contribution is -0.134. The van der Waals surface area contributed by atoms with Gasteiger partial charge in [-0.1, -0.05) is 15.9 Å². The van der Waals surface area contributed by atoms with Crippen LogP contribution < -0.4 is 4.72 Å². The molecule has 2 rings (SSSR count). The Morgan fingerprint density at radius 3 is 2.23 bits per heavy atom. The number of rotatable bonds is 5. The van der Waals surface area contributed by atoms with Gasteiger partial charge in [0.15, 0.2) is 0 Å². The molecule has 0 aliphatic carbocycles. The maximum absolute atomic E-state index is 12.5. The Morgan fingerprint density at radius 1 is 1.15 bits per heavy atom. The smallest absolute Gasteiger partial charge is 0.409 e. The number of benzene rings is 1. The predicted octanol–water partition coefficient (Wildman–Crippen LogP) is 1.42. The Hall–Kier alpha value is -1.65. The van der Waals surface area contributed by atoms with Crippen LogP contribution in [-0.4, -0.2) is 69.0 Å². The van der Waals surface area contributed by atoms with Crippen molar-refractivity contribution in [3.63, 3.8) is 0 Å². The van der Waals surface area contributed by atoms with Gasteiger partial charge in [0, 0.05) is 30.7 Å². The highest BCUT2D eigenvalue weighted by Crippen LogP contribution is 2.15. The Labute approximate surface area is 161 Å². The Balaban J connectivity index is 1.93. The van der Waals surface area contributed by atoms with Gasteiger partial charge in [-0.3, -0.25) is 4.79 Å². The monoisotopic (exact) mass is 447 g/mol. The number of amides is 2. The summed E-state index contributed by atoms with van der Waals surface area (Å²) in [5.74, 6) is -0.325. The zero-order valence-electron chi connectivity index (χ0n) is 14.6. The third-order valence-corrected chi connectivity index (χ3v) is 6.03. The molecule has 2 amide bonds. The molecule has 1 fully saturated rings. The third kappa shape index (κ3) is 5.18. The summed E-state index contributed by atoms with van der Waals surface area (Å²) in [6, 6.07) is 5.26. The molecule has 0 aromatic heterocycles. The molecule has 1 aromatic carbocycles. The second kappa shape index (κ2) is 8.83. The zero-order valence-corrected chi connectivity index (χ0v) is 17.0. The van der Waals surface area contributed by atoms with Crippen LogP contribution in [0, 0.1) is 0 Å². The average molecular weight is 448 g/mol. The van der Waals surface area contributed by atoms with Crippen LogP contribution in [-0.2, 0) is 19.6 Å². The molecule has 0 radical (unpaired) electrons. The average Bonchev–Trinajstić information content (AvgIpc) is 2.61. The zero-order chi connectivity index (χ0) is 19.3. The summed E-state index contributed by atoms with van der Waals surface area (Å²) in [6.45, 7) is 4.93. The maximum atomic E-state index is 12.5. The summed E-state index contributed by atoms with van der Waals surface area (Å²) in [5, 5.41) is 0. The number of ether oxygens (including phenoxy) is 1. The summed E-state index contributed by atoms with van der Waals surface area (Å²) in [6.07, 6.45) is -0.399. The number of hydrogen-bond acceptors (Lipinski definition) is 5. The molecule has 144 valence electrons. The van der Waals surface area contributed by atoms with Gasteiger partial charge in [0.05, 0.1) is 17.5 Å². The fourth-order valence-corrected chi connectivity index (χ4v) is 4.02. The normalized spacial score (nSPS) is 16.3. The number of nitrogens with zero attached hydrogens (tertiary/aromatic N) is 2. The Morgan fingerprint density at radius 2 is 1.69 bits per heavy atom. The largest absolute Gasteiger partial charge is 0.450 e. The van der Waals surface area contributed by atoms with Crippen LogP contribution in [0.15, 0.2) is 33.6 Å². The molecule has 1 aromatic rings. The van der Waals surface area contributed by atoms with Crippen molar-refractivity contribution in [2.75, 3.05) is 32.8 Å². The van der Waals surface area contributed by atoms with E-state index in [0.29, 0.717) is 32.8 Å². The minimum atomic E-state index is -3.79. The van der Waals surface area contributed by atoms with Gasteiger partial charge in [-0.05, 0) is 38.1 Å². The fraction of sp³-hybridized carbons (Fsp3) is 0.500. The van der Waals surface area contributed by atoms with Crippen molar-refractivity contribution in [1.82, 2.24) is 14.5 Å². The van der Waals surface area contributed by atoms with E-state index in [2.05, 4.69) is 20.7 Å². The van der Waals surface area contributed by atoms with E-state index < -0.39 is 22.2 Å². The first-order chi connectivity index (χ1) is 12.2. The molecule has 1 atom stereocenters. The molecule has 0 spiro atoms. The van der Waals surface area contributed by atoms with Gasteiger partial charge < -0.3 is 14.5 Å². The van der Waals surface area contributed by atoms with E-state index in [1.807, 2.05) is 0 Å². The van der Waals surface area contributed by atoms with Crippen molar-refractivity contribution in [2.45, 2.75) is 24.8 Å². The van der Waals surface area contributed by atoms with Crippen LogP contribution in [0.25, 0.3) is 0 Å². The second-order valence-corrected chi connectivity index (χ2v) is 8.44. The highest BCUT2D eigenvalue weighted by atomic mass is 79.9. The molecule has 26 heavy (non-hydrogen) atoms. The summed E-state index contributed by atoms with van der Waals surface area (Å²) in [5.41, 5.74) is 0. The van der Waals surface area contributed by atoms with Crippen LogP contribution in [0.2, 0.25) is 0 Å². The van der Waals surface area contributed by atoms with Crippen molar-refractivity contribution in [3.05, 3.63) is 28.7 Å². The third-order valence-electron chi connectivity index (χ3n) is 3.94. The van der Waals surface area contributed by atoms with Crippen LogP contribution >= 0.6 is 15.9 Å². The molecule has 8 nitrogen and oxygen atoms in total. The molecule has 1 saturated heterocycles. The van der Waals surface area contributed by atoms with Gasteiger partial charge in [0.25, 0.3) is 0 Å². The molecule has 1 aliphatic heterocycles. The van der Waals surface area contributed by atoms with Crippen molar-refractivity contribution in [3.8, 4) is 0 Å². The van der Waals surface area contributed by atoms with Gasteiger partial charge in [-0.25, -0.2) is 13.2 Å². The van der Waals surface area contributed by atoms with E-state index in [-0.39, 0.29) is 10.8 Å². The van der Waals surface area contributed by atoms with E-state index in [4.69, 9.17) is 4.74 Å². The predicted molar refractivity (Wildman–Crippen MR) is 99.1 cm³/mol. The first kappa shape index (κ1) is 20.7. The van der Waals surface area contributed by atoms with Crippen LogP contribution in [0.3, 0.4) is 0 Å². The topological polar surface area (TPSA) is 96.0 Å². The van der Waals surface area contributed by atoms with E-state index in [1.165, 1.54) is 24.0 Å². The van der Waals surface area contributed by atoms with Crippen LogP contribution in [0.1, 0.15) is 13.8 Å². The highest BCUT2D eigenvalue weighted by Gasteiger charge is 2.29. The lowest BCUT2D eigenvalue weighted by Crippen LogP contribution is -2.55. The molecule has 1 aliphatic rings. The molecule has 1 heterocycles. The number of carbonyl (C=O) groups excluding carboxylic acids is 2. The number of sulfonamides is 1. The number of carbonyl (C=O) groups is 2. The van der Waals surface area contributed by atoms with Gasteiger partial charge in [0.2, 0.25) is 15.9 Å². The second-order valence-electron chi connectivity index (χ2n) is 5.81. The fourth-order valence-electron chi connectivity index (χ4n) is 2.56. The minimum Gasteiger partial charge on any atom is -0.450 e. The molecule has 0 bridgehead atoms. The SMILES string of the molecule is CCOC(=O)N1CCN(C(=O)[C@@H](C)NS(=O)(=O)c2ccc(Br)cc2)CC1. The lowest BCUT2D eigenvalue weighted by Gasteiger charge is -2.35. The number of piperazine rings is 1. The van der Waals surface area contributed by atoms with Crippen LogP contribution in [0.5, 0.6) is 0 Å². The maximum Gasteiger partial charge on any atom is 0.409 e. The highest BCUT2D eigenvalue weighted by molar-refractivity contribution is 9.10. The molecule has 0 saturated carbocycles. The number of hydrogen-bond donors (Lipinski definition) is 1. The first-order valence-corrected chi connectivity index (χ1v) is 10.5. The Kier molecular flexibility index (Phi) is 7.01. The standard InChI is InChI=1S/C16H22BrN3O5S/c1-3-25-16(22)20-10-8-19(9-11-20)15(21)12(2)18-26(23,24)14-6-4-13(17)5-7-14/h4-7,12,18H,3,8-11H2,1-2H3/t12-/m1/s1. The number of nitrogens with one attached hydrogen (secondary N) is 1. The summed E-state index contributed by atoms with van der Waals surface area (Å²) >= 11 is 3.25. The molecular formula is C16H22BrN3O5S. The van der Waals surface area contributed by atoms with E-state index >= 15 is 0 Å². The first-order valence-electron chi connectivity index (χ1n) is 8.23. The van der Waals surface area contributed by atoms with E-state index in [1.54, 1.807) is 24.0 Å². The van der Waals surface area contributed by atoms with E-state index in [9.17, 15) is 18.0 Å². The van der Waals surface area contributed by atoms with Gasteiger partial charge in [-0.2, -0.15) is 4.72 Å². The summed E-state index contributed by atoms with van der Waals surface area (Å²) < 4.78 is 32.9. The van der Waals surface area contributed by atoms with Gasteiger partial charge in [-0.15, -0.1) is 0 Å². The van der Waals surface area contributed by atoms with Crippen molar-refractivity contribution in [2.24, 2.45) is 0 Å². The molecule has 0 unspecified atom stereocenters. The molecule has 1 N–H and O–H groups in total. The van der Waals surface area contributed by atoms with E-state index in [0.717, 1.165) is 4.47 Å². The van der Waals surface area contributed by atoms with Crippen LogP contribution in [0.4, 0.5) is 4.79 Å². The number of halogens is 1. The Bertz CT molecular complexity index is 746. The van der Waals surface area contributed by atoms with Crippen molar-refractivity contribution >= 4 is 38.0 Å². The summed E-state index contributed by atoms with van der Waals surface area (Å²) in [7, 11) is -3.79. The molecule has 10 heteroatoms. The lowest BCUT2D eigenvalue weighted by atomic mass is 10.2. The minimum absolute atomic E-state index is 0.0903. The van der Waals surface area contributed by atoms with Crippen molar-refractivity contribution < 1.29 is 22.7 Å². The molecular weight excluding hydrogens is 426 g/mol. The quantitative estimate of drug-likeness (QED) is 0.735. The van der Waals surface area contributed by atoms with Crippen molar-refractivity contribution in [1.29, 1.82) is 0 Å². The van der Waals surface area contributed by atoms with Gasteiger partial charge >= 0.3 is 6.09 Å². The van der Waals surface area contributed by atoms with Gasteiger partial charge in [0.1, 0.15) is 0 Å².